The van der Waals surface area contributed by atoms with Crippen LogP contribution in [0.15, 0.2) is 0 Å². The van der Waals surface area contributed by atoms with Gasteiger partial charge in [0.25, 0.3) is 0 Å². The van der Waals surface area contributed by atoms with E-state index in [1.807, 2.05) is 0 Å². The van der Waals surface area contributed by atoms with Gasteiger partial charge in [-0.15, -0.1) is 0 Å². The average molecular weight is 280 g/mol. The van der Waals surface area contributed by atoms with Crippen LogP contribution in [0, 0.1) is 88.8 Å². The Balaban J connectivity index is 1.09. The molecule has 0 radical (unpaired) electrons. The molecule has 0 bridgehead atoms. The molecule has 0 amide bonds. The van der Waals surface area contributed by atoms with Crippen molar-refractivity contribution < 1.29 is 0 Å². The number of fused-ring (bicyclic) bond motifs is 8. The number of rotatable bonds is 1. The highest BCUT2D eigenvalue weighted by Crippen LogP contribution is 2.86. The van der Waals surface area contributed by atoms with E-state index in [0.717, 1.165) is 5.92 Å². The maximum atomic E-state index is 2.57. The lowest BCUT2D eigenvalue weighted by atomic mass is 9.38. The highest BCUT2D eigenvalue weighted by molar-refractivity contribution is 5.28. The van der Waals surface area contributed by atoms with E-state index in [0.29, 0.717) is 0 Å². The third kappa shape index (κ3) is 0.876. The Kier molecular flexibility index (Phi) is 1.47. The van der Waals surface area contributed by atoms with Crippen molar-refractivity contribution in [3.8, 4) is 0 Å². The Morgan fingerprint density at radius 2 is 1.00 bits per heavy atom. The molecule has 0 aliphatic heterocycles. The molecule has 0 aromatic rings. The van der Waals surface area contributed by atoms with Crippen LogP contribution in [-0.4, -0.2) is 0 Å². The normalized spacial score (nSPS) is 83.0. The third-order valence-electron chi connectivity index (χ3n) is 11.3. The molecule has 8 fully saturated rings. The van der Waals surface area contributed by atoms with Crippen LogP contribution in [0.4, 0.5) is 0 Å². The summed E-state index contributed by atoms with van der Waals surface area (Å²) in [7, 11) is 0. The zero-order chi connectivity index (χ0) is 13.2. The second kappa shape index (κ2) is 2.89. The topological polar surface area (TPSA) is 0 Å². The van der Waals surface area contributed by atoms with E-state index in [9.17, 15) is 0 Å². The molecule has 8 aliphatic carbocycles. The molecule has 0 N–H and O–H groups in total. The molecule has 8 saturated carbocycles. The van der Waals surface area contributed by atoms with Gasteiger partial charge in [0, 0.05) is 0 Å². The van der Waals surface area contributed by atoms with Crippen LogP contribution in [-0.2, 0) is 0 Å². The molecule has 0 saturated heterocycles. The monoisotopic (exact) mass is 280 g/mol. The molecule has 14 unspecified atom stereocenters. The van der Waals surface area contributed by atoms with Gasteiger partial charge in [0.1, 0.15) is 0 Å². The first kappa shape index (κ1) is 10.7. The molecule has 0 spiro atoms. The predicted octanol–water partition coefficient (Wildman–Crippen LogP) is 4.31. The maximum Gasteiger partial charge on any atom is -0.0315 e. The first-order valence-electron chi connectivity index (χ1n) is 10.4. The second-order valence-electron chi connectivity index (χ2n) is 10.9. The summed E-state index contributed by atoms with van der Waals surface area (Å²) in [5.41, 5.74) is 0. The second-order valence-corrected chi connectivity index (χ2v) is 10.9. The van der Waals surface area contributed by atoms with Gasteiger partial charge in [-0.05, 0) is 114 Å². The van der Waals surface area contributed by atoms with Gasteiger partial charge >= 0.3 is 0 Å². The SMILES string of the molecule is C[C@H]1C2CC(C3CC4C3C3C5CCCC6C5C6C43)C3C2C31. The van der Waals surface area contributed by atoms with Crippen molar-refractivity contribution in [1.29, 1.82) is 0 Å². The Bertz CT molecular complexity index is 558. The highest BCUT2D eigenvalue weighted by Gasteiger charge is 2.81. The van der Waals surface area contributed by atoms with E-state index < -0.39 is 0 Å². The molecule has 15 atom stereocenters. The zero-order valence-electron chi connectivity index (χ0n) is 13.2. The molecule has 112 valence electrons. The summed E-state index contributed by atoms with van der Waals surface area (Å²) in [5, 5.41) is 0. The minimum Gasteiger partial charge on any atom is -0.0619 e. The van der Waals surface area contributed by atoms with Crippen LogP contribution in [0.1, 0.15) is 39.0 Å². The number of hydrogen-bond donors (Lipinski definition) is 0. The lowest BCUT2D eigenvalue weighted by Gasteiger charge is -2.67. The van der Waals surface area contributed by atoms with E-state index >= 15 is 0 Å². The van der Waals surface area contributed by atoms with Crippen LogP contribution in [0.3, 0.4) is 0 Å². The van der Waals surface area contributed by atoms with E-state index in [1.54, 1.807) is 32.1 Å². The van der Waals surface area contributed by atoms with E-state index in [2.05, 4.69) is 6.92 Å². The fourth-order valence-electron chi connectivity index (χ4n) is 10.9. The van der Waals surface area contributed by atoms with E-state index in [-0.39, 0.29) is 0 Å². The minimum absolute atomic E-state index is 1.14. The molecule has 0 aromatic heterocycles. The Morgan fingerprint density at radius 1 is 0.476 bits per heavy atom. The molecule has 0 heterocycles. The first-order chi connectivity index (χ1) is 10.4. The van der Waals surface area contributed by atoms with Gasteiger partial charge in [0.15, 0.2) is 0 Å². The molecule has 0 aromatic carbocycles. The fourth-order valence-corrected chi connectivity index (χ4v) is 10.9. The van der Waals surface area contributed by atoms with Crippen molar-refractivity contribution >= 4 is 0 Å². The molecular weight excluding hydrogens is 252 g/mol. The summed E-state index contributed by atoms with van der Waals surface area (Å²) in [6, 6.07) is 0. The van der Waals surface area contributed by atoms with Crippen molar-refractivity contribution in [3.63, 3.8) is 0 Å². The molecule has 21 heavy (non-hydrogen) atoms. The van der Waals surface area contributed by atoms with Gasteiger partial charge in [-0.25, -0.2) is 0 Å². The fraction of sp³-hybridized carbons (Fsp3) is 1.00. The van der Waals surface area contributed by atoms with Crippen LogP contribution in [0.5, 0.6) is 0 Å². The quantitative estimate of drug-likeness (QED) is 0.671. The molecule has 0 nitrogen and oxygen atoms in total. The third-order valence-corrected chi connectivity index (χ3v) is 11.3. The molecule has 8 rings (SSSR count). The average Bonchev–Trinajstić information content (AvgIpc) is 3.29. The van der Waals surface area contributed by atoms with Crippen LogP contribution in [0.2, 0.25) is 0 Å². The van der Waals surface area contributed by atoms with Gasteiger partial charge in [0.2, 0.25) is 0 Å². The highest BCUT2D eigenvalue weighted by atomic mass is 14.9. The Labute approximate surface area is 128 Å². The summed E-state index contributed by atoms with van der Waals surface area (Å²) in [4.78, 5) is 0. The maximum absolute atomic E-state index is 2.57. The molecular formula is C21H28. The summed E-state index contributed by atoms with van der Waals surface area (Å²) in [6.07, 6.45) is 8.26. The number of hydrogen-bond acceptors (Lipinski definition) is 0. The summed E-state index contributed by atoms with van der Waals surface area (Å²) in [5.74, 6) is 18.7. The van der Waals surface area contributed by atoms with Gasteiger partial charge in [-0.3, -0.25) is 0 Å². The van der Waals surface area contributed by atoms with Crippen molar-refractivity contribution in [2.45, 2.75) is 39.0 Å². The van der Waals surface area contributed by atoms with Gasteiger partial charge in [-0.2, -0.15) is 0 Å². The standard InChI is InChI=1S/C21H28/c1-7-10-5-12(20-14(7)19(10)20)11-6-13-16(11)18-9-4-2-3-8-15(9)17(8)21(13)18/h7-21H,2-6H2,1H3/t7-,8?,9?,10?,11?,12?,13?,14?,15?,16?,17?,18?,19?,20?,21?/m0/s1. The van der Waals surface area contributed by atoms with Gasteiger partial charge < -0.3 is 0 Å². The molecule has 0 heteroatoms. The van der Waals surface area contributed by atoms with E-state index in [1.165, 1.54) is 82.9 Å². The van der Waals surface area contributed by atoms with Crippen molar-refractivity contribution in [3.05, 3.63) is 0 Å². The van der Waals surface area contributed by atoms with Crippen molar-refractivity contribution in [2.24, 2.45) is 88.8 Å². The molecule has 8 aliphatic rings. The first-order valence-corrected chi connectivity index (χ1v) is 10.4. The lowest BCUT2D eigenvalue weighted by Crippen LogP contribution is -2.62. The Hall–Kier alpha value is 0. The van der Waals surface area contributed by atoms with Crippen LogP contribution in [0.25, 0.3) is 0 Å². The van der Waals surface area contributed by atoms with Crippen molar-refractivity contribution in [1.82, 2.24) is 0 Å². The van der Waals surface area contributed by atoms with E-state index in [4.69, 9.17) is 0 Å². The van der Waals surface area contributed by atoms with Crippen LogP contribution < -0.4 is 0 Å². The predicted molar refractivity (Wildman–Crippen MR) is 81.1 cm³/mol. The Morgan fingerprint density at radius 3 is 1.67 bits per heavy atom. The zero-order valence-corrected chi connectivity index (χ0v) is 13.2. The van der Waals surface area contributed by atoms with Crippen LogP contribution >= 0.6 is 0 Å². The summed E-state index contributed by atoms with van der Waals surface area (Å²) in [6.45, 7) is 2.57. The van der Waals surface area contributed by atoms with Gasteiger partial charge in [0.05, 0.1) is 0 Å². The largest absolute Gasteiger partial charge is 0.0619 e. The van der Waals surface area contributed by atoms with Gasteiger partial charge in [-0.1, -0.05) is 13.3 Å². The summed E-state index contributed by atoms with van der Waals surface area (Å²) >= 11 is 0. The summed E-state index contributed by atoms with van der Waals surface area (Å²) < 4.78 is 0. The smallest absolute Gasteiger partial charge is 0.0315 e. The minimum atomic E-state index is 1.14. The lowest BCUT2D eigenvalue weighted by molar-refractivity contribution is -0.193. The van der Waals surface area contributed by atoms with Crippen molar-refractivity contribution in [2.75, 3.05) is 0 Å².